The van der Waals surface area contributed by atoms with Gasteiger partial charge in [-0.1, -0.05) is 18.3 Å². The quantitative estimate of drug-likeness (QED) is 0.748. The van der Waals surface area contributed by atoms with Crippen LogP contribution >= 0.6 is 11.3 Å². The predicted molar refractivity (Wildman–Crippen MR) is 79.5 cm³/mol. The summed E-state index contributed by atoms with van der Waals surface area (Å²) in [6.45, 7) is 6.94. The third kappa shape index (κ3) is 3.83. The lowest BCUT2D eigenvalue weighted by molar-refractivity contribution is 0.0951. The van der Waals surface area contributed by atoms with Gasteiger partial charge in [-0.25, -0.2) is 4.98 Å². The first-order valence-electron chi connectivity index (χ1n) is 6.78. The number of carbonyl (C=O) groups excluding carboxylic acids is 1. The van der Waals surface area contributed by atoms with Crippen molar-refractivity contribution in [2.24, 2.45) is 11.8 Å². The summed E-state index contributed by atoms with van der Waals surface area (Å²) in [5.74, 6) is 1.53. The summed E-state index contributed by atoms with van der Waals surface area (Å²) in [5.41, 5.74) is 5.80. The van der Waals surface area contributed by atoms with Gasteiger partial charge in [-0.2, -0.15) is 0 Å². The molecule has 1 unspecified atom stereocenters. The molecular weight excluding hydrogens is 260 g/mol. The van der Waals surface area contributed by atoms with E-state index in [4.69, 9.17) is 5.73 Å². The Kier molecular flexibility index (Phi) is 4.29. The number of nitrogens with zero attached hydrogens (tertiary/aromatic N) is 1. The molecule has 19 heavy (non-hydrogen) atoms. The second-order valence-corrected chi connectivity index (χ2v) is 6.56. The van der Waals surface area contributed by atoms with Crippen LogP contribution in [0.4, 0.5) is 10.9 Å². The second-order valence-electron chi connectivity index (χ2n) is 5.56. The molecule has 0 bridgehead atoms. The van der Waals surface area contributed by atoms with E-state index in [2.05, 4.69) is 22.5 Å². The SMILES string of the molecule is CC(C)Nc1nc(N)c(C(=O)NCC(C)C2CC2)s1. The minimum Gasteiger partial charge on any atom is -0.382 e. The molecule has 1 aliphatic carbocycles. The molecule has 1 aromatic rings. The monoisotopic (exact) mass is 282 g/mol. The van der Waals surface area contributed by atoms with Crippen molar-refractivity contribution in [3.05, 3.63) is 4.88 Å². The van der Waals surface area contributed by atoms with Crippen molar-refractivity contribution in [3.63, 3.8) is 0 Å². The second kappa shape index (κ2) is 5.77. The van der Waals surface area contributed by atoms with Crippen LogP contribution in [0, 0.1) is 11.8 Å². The van der Waals surface area contributed by atoms with Gasteiger partial charge in [0.05, 0.1) is 0 Å². The Morgan fingerprint density at radius 2 is 2.16 bits per heavy atom. The number of hydrogen-bond donors (Lipinski definition) is 3. The molecule has 106 valence electrons. The molecule has 6 heteroatoms. The zero-order chi connectivity index (χ0) is 14.0. The zero-order valence-corrected chi connectivity index (χ0v) is 12.5. The molecule has 1 fully saturated rings. The third-order valence-corrected chi connectivity index (χ3v) is 4.28. The van der Waals surface area contributed by atoms with Crippen LogP contribution in [0.2, 0.25) is 0 Å². The van der Waals surface area contributed by atoms with Gasteiger partial charge >= 0.3 is 0 Å². The van der Waals surface area contributed by atoms with E-state index in [0.717, 1.165) is 5.92 Å². The van der Waals surface area contributed by atoms with Gasteiger partial charge in [-0.15, -0.1) is 0 Å². The largest absolute Gasteiger partial charge is 0.382 e. The lowest BCUT2D eigenvalue weighted by atomic mass is 10.1. The molecule has 1 atom stereocenters. The van der Waals surface area contributed by atoms with Gasteiger partial charge in [0.1, 0.15) is 10.7 Å². The van der Waals surface area contributed by atoms with Crippen molar-refractivity contribution < 1.29 is 4.79 Å². The number of amides is 1. The normalized spacial score (nSPS) is 16.4. The summed E-state index contributed by atoms with van der Waals surface area (Å²) in [7, 11) is 0. The minimum absolute atomic E-state index is 0.112. The summed E-state index contributed by atoms with van der Waals surface area (Å²) in [6, 6.07) is 0.274. The number of nitrogens with one attached hydrogen (secondary N) is 2. The maximum atomic E-state index is 12.1. The number of nitrogen functional groups attached to an aromatic ring is 1. The summed E-state index contributed by atoms with van der Waals surface area (Å²) in [5, 5.41) is 6.81. The van der Waals surface area contributed by atoms with Crippen LogP contribution in [-0.4, -0.2) is 23.5 Å². The number of thiazole rings is 1. The van der Waals surface area contributed by atoms with E-state index in [1.54, 1.807) is 0 Å². The van der Waals surface area contributed by atoms with E-state index in [1.807, 2.05) is 13.8 Å². The summed E-state index contributed by atoms with van der Waals surface area (Å²) in [4.78, 5) is 16.7. The Hall–Kier alpha value is -1.30. The Labute approximate surface area is 118 Å². The Bertz CT molecular complexity index is 453. The van der Waals surface area contributed by atoms with Crippen molar-refractivity contribution in [2.45, 2.75) is 39.7 Å². The molecule has 2 rings (SSSR count). The first-order valence-corrected chi connectivity index (χ1v) is 7.60. The zero-order valence-electron chi connectivity index (χ0n) is 11.7. The molecule has 0 aliphatic heterocycles. The molecule has 1 heterocycles. The number of aromatic nitrogens is 1. The highest BCUT2D eigenvalue weighted by molar-refractivity contribution is 7.18. The molecule has 0 saturated heterocycles. The number of nitrogens with two attached hydrogens (primary N) is 1. The molecule has 1 saturated carbocycles. The van der Waals surface area contributed by atoms with Gasteiger partial charge in [-0.05, 0) is 38.5 Å². The van der Waals surface area contributed by atoms with Crippen LogP contribution < -0.4 is 16.4 Å². The maximum Gasteiger partial charge on any atom is 0.265 e. The topological polar surface area (TPSA) is 80.0 Å². The maximum absolute atomic E-state index is 12.1. The van der Waals surface area contributed by atoms with Crippen LogP contribution in [0.5, 0.6) is 0 Å². The van der Waals surface area contributed by atoms with Gasteiger partial charge in [0.2, 0.25) is 0 Å². The fourth-order valence-corrected chi connectivity index (χ4v) is 2.92. The molecule has 0 radical (unpaired) electrons. The number of rotatable bonds is 6. The van der Waals surface area contributed by atoms with Crippen molar-refractivity contribution >= 4 is 28.2 Å². The molecule has 5 nitrogen and oxygen atoms in total. The van der Waals surface area contributed by atoms with Crippen LogP contribution in [0.1, 0.15) is 43.3 Å². The van der Waals surface area contributed by atoms with Crippen molar-refractivity contribution in [2.75, 3.05) is 17.6 Å². The fourth-order valence-electron chi connectivity index (χ4n) is 1.97. The first kappa shape index (κ1) is 14.1. The van der Waals surface area contributed by atoms with E-state index in [-0.39, 0.29) is 11.9 Å². The van der Waals surface area contributed by atoms with Gasteiger partial charge < -0.3 is 16.4 Å². The smallest absolute Gasteiger partial charge is 0.265 e. The van der Waals surface area contributed by atoms with Crippen LogP contribution in [-0.2, 0) is 0 Å². The molecule has 1 aromatic heterocycles. The third-order valence-electron chi connectivity index (χ3n) is 3.28. The Balaban J connectivity index is 1.92. The average Bonchev–Trinajstić information content (AvgIpc) is 3.10. The number of anilines is 2. The van der Waals surface area contributed by atoms with Gasteiger partial charge in [0.25, 0.3) is 5.91 Å². The highest BCUT2D eigenvalue weighted by atomic mass is 32.1. The standard InChI is InChI=1S/C13H22N4OS/c1-7(2)16-13-17-11(14)10(19-13)12(18)15-6-8(3)9-4-5-9/h7-9H,4-6,14H2,1-3H3,(H,15,18)(H,16,17). The van der Waals surface area contributed by atoms with E-state index in [9.17, 15) is 4.79 Å². The molecule has 0 aromatic carbocycles. The van der Waals surface area contributed by atoms with E-state index in [0.29, 0.717) is 28.3 Å². The number of hydrogen-bond acceptors (Lipinski definition) is 5. The van der Waals surface area contributed by atoms with Crippen molar-refractivity contribution in [1.29, 1.82) is 0 Å². The molecule has 1 aliphatic rings. The minimum atomic E-state index is -0.112. The molecule has 0 spiro atoms. The van der Waals surface area contributed by atoms with E-state index in [1.165, 1.54) is 24.2 Å². The number of carbonyl (C=O) groups is 1. The fraction of sp³-hybridized carbons (Fsp3) is 0.692. The predicted octanol–water partition coefficient (Wildman–Crippen LogP) is 2.32. The van der Waals surface area contributed by atoms with Crippen LogP contribution in [0.25, 0.3) is 0 Å². The van der Waals surface area contributed by atoms with Gasteiger partial charge in [-0.3, -0.25) is 4.79 Å². The lowest BCUT2D eigenvalue weighted by Crippen LogP contribution is -2.28. The molecule has 4 N–H and O–H groups in total. The summed E-state index contributed by atoms with van der Waals surface area (Å²) >= 11 is 1.31. The Morgan fingerprint density at radius 3 is 2.74 bits per heavy atom. The summed E-state index contributed by atoms with van der Waals surface area (Å²) < 4.78 is 0. The lowest BCUT2D eigenvalue weighted by Gasteiger charge is -2.10. The molecule has 1 amide bonds. The van der Waals surface area contributed by atoms with Crippen LogP contribution in [0.15, 0.2) is 0 Å². The van der Waals surface area contributed by atoms with E-state index < -0.39 is 0 Å². The van der Waals surface area contributed by atoms with Crippen molar-refractivity contribution in [3.8, 4) is 0 Å². The van der Waals surface area contributed by atoms with Crippen molar-refractivity contribution in [1.82, 2.24) is 10.3 Å². The summed E-state index contributed by atoms with van der Waals surface area (Å²) in [6.07, 6.45) is 2.59. The first-order chi connectivity index (χ1) is 8.97. The average molecular weight is 282 g/mol. The van der Waals surface area contributed by atoms with Gasteiger partial charge in [0, 0.05) is 12.6 Å². The van der Waals surface area contributed by atoms with Gasteiger partial charge in [0.15, 0.2) is 5.13 Å². The molecular formula is C13H22N4OS. The Morgan fingerprint density at radius 1 is 1.47 bits per heavy atom. The highest BCUT2D eigenvalue weighted by Crippen LogP contribution is 2.36. The highest BCUT2D eigenvalue weighted by Gasteiger charge is 2.28. The van der Waals surface area contributed by atoms with Crippen LogP contribution in [0.3, 0.4) is 0 Å². The van der Waals surface area contributed by atoms with E-state index >= 15 is 0 Å².